The summed E-state index contributed by atoms with van der Waals surface area (Å²) in [7, 11) is -4.02. The van der Waals surface area contributed by atoms with Crippen LogP contribution in [0.4, 0.5) is 0 Å². The molecule has 0 spiro atoms. The maximum Gasteiger partial charge on any atom is 0.267 e. The third-order valence-electron chi connectivity index (χ3n) is 4.43. The van der Waals surface area contributed by atoms with Crippen molar-refractivity contribution in [1.29, 1.82) is 0 Å². The Bertz CT molecular complexity index is 664. The molecule has 1 amide bonds. The van der Waals surface area contributed by atoms with E-state index in [-0.39, 0.29) is 11.9 Å². The summed E-state index contributed by atoms with van der Waals surface area (Å²) in [6.45, 7) is 0. The molecule has 6 nitrogen and oxygen atoms in total. The Labute approximate surface area is 123 Å². The summed E-state index contributed by atoms with van der Waals surface area (Å²) in [5, 5.41) is 9.57. The summed E-state index contributed by atoms with van der Waals surface area (Å²) in [5.74, 6) is -0.214. The summed E-state index contributed by atoms with van der Waals surface area (Å²) < 4.78 is 31.4. The Hall–Kier alpha value is -1.44. The highest BCUT2D eigenvalue weighted by Gasteiger charge is 2.41. The summed E-state index contributed by atoms with van der Waals surface area (Å²) in [5.41, 5.74) is 1.10. The van der Waals surface area contributed by atoms with E-state index >= 15 is 0 Å². The number of carbonyl (C=O) groups excluding carboxylic acids is 1. The van der Waals surface area contributed by atoms with Crippen LogP contribution in [0.1, 0.15) is 47.8 Å². The van der Waals surface area contributed by atoms with Gasteiger partial charge >= 0.3 is 0 Å². The minimum Gasteiger partial charge on any atom is -0.369 e. The van der Waals surface area contributed by atoms with Crippen molar-refractivity contribution >= 4 is 16.0 Å². The van der Waals surface area contributed by atoms with Gasteiger partial charge in [-0.1, -0.05) is 18.2 Å². The number of carbonyl (C=O) groups is 1. The molecule has 1 aromatic rings. The van der Waals surface area contributed by atoms with E-state index in [2.05, 4.69) is 0 Å². The van der Waals surface area contributed by atoms with Crippen LogP contribution < -0.4 is 0 Å². The molecule has 0 aromatic heterocycles. The van der Waals surface area contributed by atoms with E-state index in [1.54, 1.807) is 24.3 Å². The van der Waals surface area contributed by atoms with E-state index in [0.29, 0.717) is 36.8 Å². The van der Waals surface area contributed by atoms with Gasteiger partial charge in [0.25, 0.3) is 16.0 Å². The zero-order valence-corrected chi connectivity index (χ0v) is 12.2. The number of fused-ring (bicyclic) bond motifs is 1. The number of hydrogen-bond acceptors (Lipinski definition) is 4. The molecule has 1 aromatic carbocycles. The molecule has 1 unspecified atom stereocenters. The Balaban J connectivity index is 1.77. The van der Waals surface area contributed by atoms with Crippen LogP contribution in [0.3, 0.4) is 0 Å². The standard InChI is InChI=1S/C14H17NO5S/c16-13-11-3-1-2-4-12(11)14(17)15(13)9-5-7-10(8-6-9)21(18,19)20/h1-4,9-10,13,16H,5-8H2,(H,18,19,20). The third-order valence-corrected chi connectivity index (χ3v) is 5.74. The maximum atomic E-state index is 12.4. The molecular formula is C14H17NO5S. The molecule has 1 heterocycles. The summed E-state index contributed by atoms with van der Waals surface area (Å²) in [6, 6.07) is 6.74. The quantitative estimate of drug-likeness (QED) is 0.804. The zero-order valence-electron chi connectivity index (χ0n) is 11.3. The molecular weight excluding hydrogens is 294 g/mol. The first-order valence-electron chi connectivity index (χ1n) is 6.95. The van der Waals surface area contributed by atoms with Gasteiger partial charge in [0.05, 0.1) is 5.25 Å². The van der Waals surface area contributed by atoms with Gasteiger partial charge in [0.2, 0.25) is 0 Å². The highest BCUT2D eigenvalue weighted by atomic mass is 32.2. The fourth-order valence-corrected chi connectivity index (χ4v) is 4.17. The first-order chi connectivity index (χ1) is 9.89. The smallest absolute Gasteiger partial charge is 0.267 e. The first kappa shape index (κ1) is 14.5. The van der Waals surface area contributed by atoms with Crippen LogP contribution in [0.25, 0.3) is 0 Å². The topological polar surface area (TPSA) is 94.9 Å². The second-order valence-electron chi connectivity index (χ2n) is 5.62. The number of benzene rings is 1. The van der Waals surface area contributed by atoms with Gasteiger partial charge in [-0.15, -0.1) is 0 Å². The van der Waals surface area contributed by atoms with Gasteiger partial charge in [0.1, 0.15) is 0 Å². The maximum absolute atomic E-state index is 12.4. The van der Waals surface area contributed by atoms with Gasteiger partial charge in [-0.2, -0.15) is 8.42 Å². The van der Waals surface area contributed by atoms with Gasteiger partial charge < -0.3 is 10.0 Å². The van der Waals surface area contributed by atoms with Crippen LogP contribution in [-0.4, -0.2) is 40.2 Å². The predicted molar refractivity (Wildman–Crippen MR) is 75.2 cm³/mol. The van der Waals surface area contributed by atoms with E-state index in [1.165, 1.54) is 4.90 Å². The van der Waals surface area contributed by atoms with E-state index in [0.717, 1.165) is 0 Å². The van der Waals surface area contributed by atoms with Crippen LogP contribution in [0.5, 0.6) is 0 Å². The molecule has 1 aliphatic heterocycles. The van der Waals surface area contributed by atoms with Crippen molar-refractivity contribution < 1.29 is 22.9 Å². The van der Waals surface area contributed by atoms with Crippen molar-refractivity contribution in [2.45, 2.75) is 43.2 Å². The van der Waals surface area contributed by atoms with Crippen LogP contribution in [0.15, 0.2) is 24.3 Å². The Morgan fingerprint density at radius 1 is 1.10 bits per heavy atom. The molecule has 1 aliphatic carbocycles. The molecule has 0 bridgehead atoms. The first-order valence-corrected chi connectivity index (χ1v) is 8.46. The van der Waals surface area contributed by atoms with Crippen molar-refractivity contribution in [2.75, 3.05) is 0 Å². The van der Waals surface area contributed by atoms with Gasteiger partial charge in [-0.05, 0) is 31.7 Å². The predicted octanol–water partition coefficient (Wildman–Crippen LogP) is 1.33. The van der Waals surface area contributed by atoms with E-state index < -0.39 is 21.6 Å². The molecule has 7 heteroatoms. The summed E-state index contributed by atoms with van der Waals surface area (Å²) >= 11 is 0. The Kier molecular flexibility index (Phi) is 3.51. The molecule has 21 heavy (non-hydrogen) atoms. The molecule has 0 radical (unpaired) electrons. The van der Waals surface area contributed by atoms with Gasteiger partial charge in [-0.3, -0.25) is 9.35 Å². The van der Waals surface area contributed by atoms with Gasteiger partial charge in [0, 0.05) is 17.2 Å². The van der Waals surface area contributed by atoms with E-state index in [1.807, 2.05) is 0 Å². The SMILES string of the molecule is O=C1c2ccccc2C(O)N1C1CCC(S(=O)(=O)O)CC1. The minimum absolute atomic E-state index is 0.196. The molecule has 2 aliphatic rings. The average Bonchev–Trinajstić information content (AvgIpc) is 2.71. The van der Waals surface area contributed by atoms with Crippen molar-refractivity contribution in [2.24, 2.45) is 0 Å². The lowest BCUT2D eigenvalue weighted by Gasteiger charge is -2.35. The second kappa shape index (κ2) is 5.08. The van der Waals surface area contributed by atoms with Crippen molar-refractivity contribution in [3.05, 3.63) is 35.4 Å². The summed E-state index contributed by atoms with van der Waals surface area (Å²) in [6.07, 6.45) is 0.552. The van der Waals surface area contributed by atoms with Crippen molar-refractivity contribution in [1.82, 2.24) is 4.90 Å². The Morgan fingerprint density at radius 3 is 2.29 bits per heavy atom. The average molecular weight is 311 g/mol. The van der Waals surface area contributed by atoms with Crippen molar-refractivity contribution in [3.8, 4) is 0 Å². The fourth-order valence-electron chi connectivity index (χ4n) is 3.30. The minimum atomic E-state index is -4.02. The lowest BCUT2D eigenvalue weighted by molar-refractivity contribution is -0.0105. The van der Waals surface area contributed by atoms with Crippen LogP contribution in [0.2, 0.25) is 0 Å². The lowest BCUT2D eigenvalue weighted by atomic mass is 9.93. The fraction of sp³-hybridized carbons (Fsp3) is 0.500. The van der Waals surface area contributed by atoms with Crippen LogP contribution in [-0.2, 0) is 10.1 Å². The van der Waals surface area contributed by atoms with Crippen LogP contribution >= 0.6 is 0 Å². The largest absolute Gasteiger partial charge is 0.369 e. The number of nitrogens with zero attached hydrogens (tertiary/aromatic N) is 1. The molecule has 3 rings (SSSR count). The molecule has 114 valence electrons. The van der Waals surface area contributed by atoms with Crippen molar-refractivity contribution in [3.63, 3.8) is 0 Å². The molecule has 1 saturated carbocycles. The number of hydrogen-bond donors (Lipinski definition) is 2. The number of amides is 1. The van der Waals surface area contributed by atoms with Gasteiger partial charge in [-0.25, -0.2) is 0 Å². The molecule has 0 saturated heterocycles. The molecule has 2 N–H and O–H groups in total. The molecule has 1 fully saturated rings. The lowest BCUT2D eigenvalue weighted by Crippen LogP contribution is -2.42. The second-order valence-corrected chi connectivity index (χ2v) is 7.32. The number of aliphatic hydroxyl groups excluding tert-OH is 1. The third kappa shape index (κ3) is 2.45. The number of aliphatic hydroxyl groups is 1. The normalized spacial score (nSPS) is 29.5. The monoisotopic (exact) mass is 311 g/mol. The van der Waals surface area contributed by atoms with E-state index in [9.17, 15) is 18.3 Å². The Morgan fingerprint density at radius 2 is 1.71 bits per heavy atom. The highest BCUT2D eigenvalue weighted by molar-refractivity contribution is 7.86. The zero-order chi connectivity index (χ0) is 15.2. The molecule has 1 atom stereocenters. The highest BCUT2D eigenvalue weighted by Crippen LogP contribution is 2.37. The number of rotatable bonds is 2. The van der Waals surface area contributed by atoms with Gasteiger partial charge in [0.15, 0.2) is 6.23 Å². The summed E-state index contributed by atoms with van der Waals surface area (Å²) in [4.78, 5) is 13.8. The van der Waals surface area contributed by atoms with Crippen LogP contribution in [0, 0.1) is 0 Å². The van der Waals surface area contributed by atoms with E-state index in [4.69, 9.17) is 4.55 Å².